The smallest absolute Gasteiger partial charge is 0.140 e. The first-order chi connectivity index (χ1) is 13.7. The van der Waals surface area contributed by atoms with E-state index in [-0.39, 0.29) is 5.56 Å². The van der Waals surface area contributed by atoms with Gasteiger partial charge in [-0.3, -0.25) is 0 Å². The first kappa shape index (κ1) is 18.4. The molecule has 1 aromatic heterocycles. The topological polar surface area (TPSA) is 54.5 Å². The molecule has 0 unspecified atom stereocenters. The maximum absolute atomic E-state index is 13.8. The van der Waals surface area contributed by atoms with Crippen molar-refractivity contribution in [2.24, 2.45) is 5.92 Å². The van der Waals surface area contributed by atoms with Gasteiger partial charge in [0, 0.05) is 5.56 Å². The van der Waals surface area contributed by atoms with E-state index in [4.69, 9.17) is 0 Å². The number of nitrogens with zero attached hydrogens (tertiary/aromatic N) is 4. The van der Waals surface area contributed by atoms with Gasteiger partial charge < -0.3 is 0 Å². The van der Waals surface area contributed by atoms with E-state index in [1.165, 1.54) is 43.7 Å². The predicted octanol–water partition coefficient (Wildman–Crippen LogP) is 5.13. The molecular weight excluding hydrogens is 351 g/mol. The normalized spacial score (nSPS) is 14.7. The molecule has 1 aliphatic rings. The van der Waals surface area contributed by atoms with E-state index in [1.54, 1.807) is 12.1 Å². The van der Waals surface area contributed by atoms with Crippen molar-refractivity contribution in [1.29, 1.82) is 5.26 Å². The van der Waals surface area contributed by atoms with Crippen LogP contribution < -0.4 is 0 Å². The molecule has 142 valence electrons. The van der Waals surface area contributed by atoms with Gasteiger partial charge in [0.05, 0.1) is 17.8 Å². The SMILES string of the molecule is N#Cc1cc(-c2nnn(Cc3ccccc3)c2CC2CCCCC2)ccc1F. The van der Waals surface area contributed by atoms with Crippen LogP contribution in [0.5, 0.6) is 0 Å². The van der Waals surface area contributed by atoms with Gasteiger partial charge in [0.1, 0.15) is 17.6 Å². The van der Waals surface area contributed by atoms with Crippen molar-refractivity contribution in [3.05, 3.63) is 71.2 Å². The Kier molecular flexibility index (Phi) is 5.48. The van der Waals surface area contributed by atoms with E-state index >= 15 is 0 Å². The van der Waals surface area contributed by atoms with E-state index in [0.29, 0.717) is 12.5 Å². The number of hydrogen-bond acceptors (Lipinski definition) is 3. The lowest BCUT2D eigenvalue weighted by atomic mass is 9.85. The number of aromatic nitrogens is 3. The molecule has 3 aromatic rings. The van der Waals surface area contributed by atoms with Gasteiger partial charge in [-0.25, -0.2) is 9.07 Å². The molecule has 1 heterocycles. The lowest BCUT2D eigenvalue weighted by Gasteiger charge is -2.22. The van der Waals surface area contributed by atoms with Gasteiger partial charge in [-0.05, 0) is 36.1 Å². The summed E-state index contributed by atoms with van der Waals surface area (Å²) >= 11 is 0. The van der Waals surface area contributed by atoms with Crippen molar-refractivity contribution in [2.75, 3.05) is 0 Å². The highest BCUT2D eigenvalue weighted by molar-refractivity contribution is 5.63. The Morgan fingerprint density at radius 1 is 1.07 bits per heavy atom. The van der Waals surface area contributed by atoms with Gasteiger partial charge in [0.15, 0.2) is 0 Å². The van der Waals surface area contributed by atoms with E-state index in [0.717, 1.165) is 23.4 Å². The van der Waals surface area contributed by atoms with Crippen LogP contribution in [0.15, 0.2) is 48.5 Å². The molecule has 1 fully saturated rings. The number of rotatable bonds is 5. The molecule has 0 bridgehead atoms. The molecule has 0 N–H and O–H groups in total. The molecule has 1 aliphatic carbocycles. The second-order valence-electron chi connectivity index (χ2n) is 7.54. The third kappa shape index (κ3) is 3.96. The van der Waals surface area contributed by atoms with Crippen LogP contribution in [0.3, 0.4) is 0 Å². The highest BCUT2D eigenvalue weighted by atomic mass is 19.1. The molecule has 0 saturated heterocycles. The second kappa shape index (κ2) is 8.35. The minimum Gasteiger partial charge on any atom is -0.244 e. The van der Waals surface area contributed by atoms with Crippen LogP contribution in [0.4, 0.5) is 4.39 Å². The summed E-state index contributed by atoms with van der Waals surface area (Å²) in [5.74, 6) is 0.119. The van der Waals surface area contributed by atoms with Crippen molar-refractivity contribution in [3.8, 4) is 17.3 Å². The highest BCUT2D eigenvalue weighted by Gasteiger charge is 2.22. The van der Waals surface area contributed by atoms with Crippen molar-refractivity contribution >= 4 is 0 Å². The van der Waals surface area contributed by atoms with Gasteiger partial charge in [-0.15, -0.1) is 5.10 Å². The molecule has 0 radical (unpaired) electrons. The van der Waals surface area contributed by atoms with E-state index in [2.05, 4.69) is 22.4 Å². The fraction of sp³-hybridized carbons (Fsp3) is 0.348. The zero-order valence-corrected chi connectivity index (χ0v) is 15.8. The predicted molar refractivity (Wildman–Crippen MR) is 106 cm³/mol. The summed E-state index contributed by atoms with van der Waals surface area (Å²) in [6.45, 7) is 0.655. The lowest BCUT2D eigenvalue weighted by Crippen LogP contribution is -2.14. The minimum atomic E-state index is -0.503. The summed E-state index contributed by atoms with van der Waals surface area (Å²) < 4.78 is 15.8. The average molecular weight is 374 g/mol. The highest BCUT2D eigenvalue weighted by Crippen LogP contribution is 2.31. The minimum absolute atomic E-state index is 0.0405. The molecule has 28 heavy (non-hydrogen) atoms. The fourth-order valence-electron chi connectivity index (χ4n) is 4.07. The summed E-state index contributed by atoms with van der Waals surface area (Å²) in [5.41, 5.74) is 3.80. The zero-order valence-electron chi connectivity index (χ0n) is 15.8. The second-order valence-corrected chi connectivity index (χ2v) is 7.54. The lowest BCUT2D eigenvalue weighted by molar-refractivity contribution is 0.349. The molecule has 0 atom stereocenters. The van der Waals surface area contributed by atoms with Crippen LogP contribution in [0.1, 0.15) is 48.9 Å². The number of benzene rings is 2. The fourth-order valence-corrected chi connectivity index (χ4v) is 4.07. The Labute approximate surface area is 164 Å². The summed E-state index contributed by atoms with van der Waals surface area (Å²) in [5, 5.41) is 18.0. The van der Waals surface area contributed by atoms with Crippen LogP contribution in [-0.4, -0.2) is 15.0 Å². The summed E-state index contributed by atoms with van der Waals surface area (Å²) in [6.07, 6.45) is 7.22. The van der Waals surface area contributed by atoms with Gasteiger partial charge in [0.25, 0.3) is 0 Å². The van der Waals surface area contributed by atoms with Crippen molar-refractivity contribution < 1.29 is 4.39 Å². The molecule has 2 aromatic carbocycles. The Morgan fingerprint density at radius 2 is 1.86 bits per heavy atom. The molecular formula is C23H23FN4. The first-order valence-corrected chi connectivity index (χ1v) is 9.91. The van der Waals surface area contributed by atoms with E-state index in [9.17, 15) is 9.65 Å². The third-order valence-electron chi connectivity index (χ3n) is 5.58. The van der Waals surface area contributed by atoms with Crippen LogP contribution >= 0.6 is 0 Å². The van der Waals surface area contributed by atoms with Gasteiger partial charge in [-0.2, -0.15) is 5.26 Å². The number of hydrogen-bond donors (Lipinski definition) is 0. The summed E-state index contributed by atoms with van der Waals surface area (Å²) in [6, 6.07) is 16.7. The summed E-state index contributed by atoms with van der Waals surface area (Å²) in [4.78, 5) is 0. The Hall–Kier alpha value is -3.00. The van der Waals surface area contributed by atoms with E-state index < -0.39 is 5.82 Å². The maximum atomic E-state index is 13.8. The Balaban J connectivity index is 1.72. The van der Waals surface area contributed by atoms with Crippen LogP contribution in [0, 0.1) is 23.1 Å². The standard InChI is InChI=1S/C23H23FN4/c24-21-12-11-19(14-20(21)15-25)23-22(13-17-7-3-1-4-8-17)28(27-26-23)16-18-9-5-2-6-10-18/h2,5-6,9-12,14,17H,1,3-4,7-8,13,16H2. The molecule has 4 nitrogen and oxygen atoms in total. The van der Waals surface area contributed by atoms with Crippen molar-refractivity contribution in [1.82, 2.24) is 15.0 Å². The van der Waals surface area contributed by atoms with Crippen molar-refractivity contribution in [2.45, 2.75) is 45.1 Å². The molecule has 1 saturated carbocycles. The monoisotopic (exact) mass is 374 g/mol. The van der Waals surface area contributed by atoms with Crippen LogP contribution in [0.25, 0.3) is 11.3 Å². The van der Waals surface area contributed by atoms with Gasteiger partial charge in [0.2, 0.25) is 0 Å². The number of halogens is 1. The molecule has 5 heteroatoms. The van der Waals surface area contributed by atoms with Crippen LogP contribution in [-0.2, 0) is 13.0 Å². The Morgan fingerprint density at radius 3 is 2.61 bits per heavy atom. The number of nitriles is 1. The quantitative estimate of drug-likeness (QED) is 0.622. The van der Waals surface area contributed by atoms with Crippen molar-refractivity contribution in [3.63, 3.8) is 0 Å². The molecule has 0 aliphatic heterocycles. The zero-order chi connectivity index (χ0) is 19.3. The van der Waals surface area contributed by atoms with Gasteiger partial charge in [-0.1, -0.05) is 67.6 Å². The van der Waals surface area contributed by atoms with Crippen LogP contribution in [0.2, 0.25) is 0 Å². The third-order valence-corrected chi connectivity index (χ3v) is 5.58. The summed E-state index contributed by atoms with van der Waals surface area (Å²) in [7, 11) is 0. The van der Waals surface area contributed by atoms with Gasteiger partial charge >= 0.3 is 0 Å². The average Bonchev–Trinajstić information content (AvgIpc) is 3.12. The molecule has 4 rings (SSSR count). The molecule has 0 spiro atoms. The van der Waals surface area contributed by atoms with E-state index in [1.807, 2.05) is 29.0 Å². The maximum Gasteiger partial charge on any atom is 0.140 e. The largest absolute Gasteiger partial charge is 0.244 e. The molecule has 0 amide bonds. The first-order valence-electron chi connectivity index (χ1n) is 9.91. The Bertz CT molecular complexity index is 982.